The molecule has 140 valence electrons. The van der Waals surface area contributed by atoms with Crippen LogP contribution in [0.15, 0.2) is 53.7 Å². The van der Waals surface area contributed by atoms with Gasteiger partial charge in [0.05, 0.1) is 16.6 Å². The number of thioether (sulfide) groups is 1. The van der Waals surface area contributed by atoms with E-state index in [4.69, 9.17) is 21.1 Å². The Morgan fingerprint density at radius 1 is 1.14 bits per heavy atom. The Hall–Kier alpha value is -3.35. The molecule has 1 heterocycles. The lowest BCUT2D eigenvalue weighted by molar-refractivity contribution is -0.386. The molecular formula is C18H11ClN4O4S. The number of para-hydroxylation sites is 1. The fourth-order valence-corrected chi connectivity index (χ4v) is 2.80. The van der Waals surface area contributed by atoms with Gasteiger partial charge >= 0.3 is 11.6 Å². The van der Waals surface area contributed by atoms with Gasteiger partial charge in [-0.05, 0) is 30.5 Å². The molecule has 0 amide bonds. The zero-order valence-electron chi connectivity index (χ0n) is 14.3. The number of hydrogen-bond donors (Lipinski definition) is 0. The second-order valence-corrected chi connectivity index (χ2v) is 6.33. The molecule has 0 spiro atoms. The first-order valence-electron chi connectivity index (χ1n) is 7.72. The molecule has 3 rings (SSSR count). The molecule has 28 heavy (non-hydrogen) atoms. The maximum Gasteiger partial charge on any atom is 0.368 e. The highest BCUT2D eigenvalue weighted by atomic mass is 35.5. The number of hydrogen-bond acceptors (Lipinski definition) is 8. The van der Waals surface area contributed by atoms with E-state index in [2.05, 4.69) is 9.97 Å². The second kappa shape index (κ2) is 8.56. The van der Waals surface area contributed by atoms with Gasteiger partial charge in [0.15, 0.2) is 16.7 Å². The van der Waals surface area contributed by atoms with Gasteiger partial charge in [-0.15, -0.1) is 0 Å². The lowest BCUT2D eigenvalue weighted by atomic mass is 10.2. The summed E-state index contributed by atoms with van der Waals surface area (Å²) in [7, 11) is 0. The number of rotatable bonds is 6. The molecule has 0 saturated carbocycles. The molecule has 10 heteroatoms. The Morgan fingerprint density at radius 2 is 1.89 bits per heavy atom. The van der Waals surface area contributed by atoms with Crippen LogP contribution in [0, 0.1) is 21.4 Å². The normalized spacial score (nSPS) is 10.2. The maximum atomic E-state index is 11.4. The molecule has 8 nitrogen and oxygen atoms in total. The van der Waals surface area contributed by atoms with Gasteiger partial charge in [0.2, 0.25) is 5.15 Å². The van der Waals surface area contributed by atoms with Gasteiger partial charge in [-0.2, -0.15) is 10.2 Å². The van der Waals surface area contributed by atoms with Crippen molar-refractivity contribution in [1.29, 1.82) is 5.26 Å². The van der Waals surface area contributed by atoms with E-state index < -0.39 is 10.6 Å². The molecule has 0 aliphatic heterocycles. The molecule has 0 N–H and O–H groups in total. The number of benzene rings is 2. The summed E-state index contributed by atoms with van der Waals surface area (Å²) in [5, 5.41) is 20.4. The predicted molar refractivity (Wildman–Crippen MR) is 103 cm³/mol. The summed E-state index contributed by atoms with van der Waals surface area (Å²) in [5.41, 5.74) is -0.296. The Bertz CT molecular complexity index is 1070. The lowest BCUT2D eigenvalue weighted by Crippen LogP contribution is -2.01. The summed E-state index contributed by atoms with van der Waals surface area (Å²) in [6, 6.07) is 15.3. The van der Waals surface area contributed by atoms with E-state index in [0.717, 1.165) is 11.8 Å². The SMILES string of the molecule is CSc1nc(Cl)c([N+](=O)[O-])c(Oc2cc(C#N)ccc2Oc2ccccc2)n1. The van der Waals surface area contributed by atoms with Crippen molar-refractivity contribution in [3.8, 4) is 29.2 Å². The van der Waals surface area contributed by atoms with Crippen molar-refractivity contribution < 1.29 is 14.4 Å². The zero-order chi connectivity index (χ0) is 20.1. The van der Waals surface area contributed by atoms with Crippen molar-refractivity contribution in [1.82, 2.24) is 9.97 Å². The fourth-order valence-electron chi connectivity index (χ4n) is 2.17. The summed E-state index contributed by atoms with van der Waals surface area (Å²) in [6.45, 7) is 0. The minimum atomic E-state index is -0.729. The van der Waals surface area contributed by atoms with Gasteiger partial charge < -0.3 is 9.47 Å². The summed E-state index contributed by atoms with van der Waals surface area (Å²) in [6.07, 6.45) is 1.70. The van der Waals surface area contributed by atoms with Crippen LogP contribution in [0.25, 0.3) is 0 Å². The number of nitriles is 1. The van der Waals surface area contributed by atoms with Crippen LogP contribution in [0.4, 0.5) is 5.69 Å². The maximum absolute atomic E-state index is 11.4. The van der Waals surface area contributed by atoms with Crippen LogP contribution in [0.1, 0.15) is 5.56 Å². The largest absolute Gasteiger partial charge is 0.453 e. The number of halogens is 1. The quantitative estimate of drug-likeness (QED) is 0.177. The van der Waals surface area contributed by atoms with Crippen LogP contribution in [0.2, 0.25) is 5.15 Å². The average molecular weight is 415 g/mol. The van der Waals surface area contributed by atoms with Crippen LogP contribution < -0.4 is 9.47 Å². The first-order chi connectivity index (χ1) is 13.5. The van der Waals surface area contributed by atoms with Gasteiger partial charge in [-0.1, -0.05) is 41.6 Å². The highest BCUT2D eigenvalue weighted by Crippen LogP contribution is 2.40. The lowest BCUT2D eigenvalue weighted by Gasteiger charge is -2.12. The molecule has 3 aromatic rings. The van der Waals surface area contributed by atoms with E-state index in [1.165, 1.54) is 12.1 Å². The molecule has 0 bridgehead atoms. The van der Waals surface area contributed by atoms with Crippen LogP contribution in [0.3, 0.4) is 0 Å². The highest BCUT2D eigenvalue weighted by molar-refractivity contribution is 7.98. The van der Waals surface area contributed by atoms with E-state index >= 15 is 0 Å². The fraction of sp³-hybridized carbons (Fsp3) is 0.0556. The molecule has 0 aliphatic carbocycles. The van der Waals surface area contributed by atoms with E-state index in [-0.39, 0.29) is 33.3 Å². The summed E-state index contributed by atoms with van der Waals surface area (Å²) in [4.78, 5) is 18.6. The van der Waals surface area contributed by atoms with Crippen LogP contribution in [0.5, 0.6) is 23.1 Å². The third-order valence-corrected chi connectivity index (χ3v) is 4.22. The summed E-state index contributed by atoms with van der Waals surface area (Å²) < 4.78 is 11.5. The first kappa shape index (κ1) is 19.4. The van der Waals surface area contributed by atoms with Crippen molar-refractivity contribution in [3.05, 3.63) is 69.4 Å². The Labute approximate surface area is 168 Å². The van der Waals surface area contributed by atoms with Crippen molar-refractivity contribution in [3.63, 3.8) is 0 Å². The van der Waals surface area contributed by atoms with E-state index in [0.29, 0.717) is 5.75 Å². The van der Waals surface area contributed by atoms with Crippen LogP contribution in [-0.4, -0.2) is 21.1 Å². The third kappa shape index (κ3) is 4.31. The Kier molecular flexibility index (Phi) is 5.93. The first-order valence-corrected chi connectivity index (χ1v) is 9.33. The van der Waals surface area contributed by atoms with Crippen molar-refractivity contribution in [2.24, 2.45) is 0 Å². The topological polar surface area (TPSA) is 111 Å². The molecule has 1 aromatic heterocycles. The molecular weight excluding hydrogens is 404 g/mol. The number of nitrogens with zero attached hydrogens (tertiary/aromatic N) is 4. The minimum absolute atomic E-state index is 0.0767. The van der Waals surface area contributed by atoms with Crippen molar-refractivity contribution in [2.45, 2.75) is 5.16 Å². The van der Waals surface area contributed by atoms with Gasteiger partial charge in [0.1, 0.15) is 5.75 Å². The molecule has 0 atom stereocenters. The molecule has 0 fully saturated rings. The Morgan fingerprint density at radius 3 is 2.54 bits per heavy atom. The molecule has 0 saturated heterocycles. The van der Waals surface area contributed by atoms with Gasteiger partial charge in [0.25, 0.3) is 0 Å². The molecule has 0 aliphatic rings. The van der Waals surface area contributed by atoms with Crippen LogP contribution in [-0.2, 0) is 0 Å². The summed E-state index contributed by atoms with van der Waals surface area (Å²) in [5.74, 6) is 0.507. The van der Waals surface area contributed by atoms with Crippen molar-refractivity contribution in [2.75, 3.05) is 6.26 Å². The minimum Gasteiger partial charge on any atom is -0.453 e. The molecule has 2 aromatic carbocycles. The second-order valence-electron chi connectivity index (χ2n) is 5.20. The van der Waals surface area contributed by atoms with Gasteiger partial charge in [-0.3, -0.25) is 10.1 Å². The van der Waals surface area contributed by atoms with Gasteiger partial charge in [0, 0.05) is 6.07 Å². The zero-order valence-corrected chi connectivity index (χ0v) is 15.9. The number of ether oxygens (including phenoxy) is 2. The summed E-state index contributed by atoms with van der Waals surface area (Å²) >= 11 is 7.08. The van der Waals surface area contributed by atoms with Crippen LogP contribution >= 0.6 is 23.4 Å². The monoisotopic (exact) mass is 414 g/mol. The van der Waals surface area contributed by atoms with E-state index in [9.17, 15) is 15.4 Å². The molecule has 0 radical (unpaired) electrons. The average Bonchev–Trinajstić information content (AvgIpc) is 2.69. The highest BCUT2D eigenvalue weighted by Gasteiger charge is 2.27. The number of aromatic nitrogens is 2. The van der Waals surface area contributed by atoms with Gasteiger partial charge in [-0.25, -0.2) is 4.98 Å². The Balaban J connectivity index is 2.07. The van der Waals surface area contributed by atoms with E-state index in [1.54, 1.807) is 36.6 Å². The van der Waals surface area contributed by atoms with Crippen molar-refractivity contribution >= 4 is 29.1 Å². The smallest absolute Gasteiger partial charge is 0.368 e. The predicted octanol–water partition coefficient (Wildman–Crippen LogP) is 5.22. The van der Waals surface area contributed by atoms with E-state index in [1.807, 2.05) is 12.1 Å². The number of nitro groups is 1. The molecule has 0 unspecified atom stereocenters. The standard InChI is InChI=1S/C18H11ClN4O4S/c1-28-18-21-16(19)15(23(24)25)17(22-18)27-14-9-11(10-20)7-8-13(14)26-12-5-3-2-4-6-12/h2-9H,1H3. The third-order valence-electron chi connectivity index (χ3n) is 3.40.